The van der Waals surface area contributed by atoms with Gasteiger partial charge in [-0.1, -0.05) is 42.1 Å². The summed E-state index contributed by atoms with van der Waals surface area (Å²) in [6, 6.07) is 17.3. The Hall–Kier alpha value is -2.25. The van der Waals surface area contributed by atoms with Gasteiger partial charge < -0.3 is 0 Å². The largest absolute Gasteiger partial charge is 0.281 e. The molecule has 0 saturated heterocycles. The quantitative estimate of drug-likeness (QED) is 0.801. The van der Waals surface area contributed by atoms with Gasteiger partial charge in [0.15, 0.2) is 5.37 Å². The molecular formula is C16H12N2OS. The van der Waals surface area contributed by atoms with E-state index in [0.29, 0.717) is 5.56 Å². The number of amides is 1. The van der Waals surface area contributed by atoms with Gasteiger partial charge in [0.05, 0.1) is 11.8 Å². The third-order valence-corrected chi connectivity index (χ3v) is 4.44. The summed E-state index contributed by atoms with van der Waals surface area (Å²) in [7, 11) is 0. The molecule has 1 unspecified atom stereocenters. The second kappa shape index (κ2) is 5.03. The van der Waals surface area contributed by atoms with Crippen LogP contribution in [0.5, 0.6) is 0 Å². The number of benzene rings is 2. The highest BCUT2D eigenvalue weighted by Crippen LogP contribution is 2.43. The SMILES string of the molecule is Cc1ccccc1C(=O)N1c2ccccc2SC1C#N. The fraction of sp³-hybridized carbons (Fsp3) is 0.125. The third kappa shape index (κ3) is 1.97. The van der Waals surface area contributed by atoms with Crippen molar-refractivity contribution in [3.8, 4) is 6.07 Å². The predicted molar refractivity (Wildman–Crippen MR) is 79.7 cm³/mol. The first-order valence-electron chi connectivity index (χ1n) is 6.27. The minimum Gasteiger partial charge on any atom is -0.281 e. The summed E-state index contributed by atoms with van der Waals surface area (Å²) in [6.07, 6.45) is 0. The molecular weight excluding hydrogens is 268 g/mol. The van der Waals surface area contributed by atoms with Crippen molar-refractivity contribution in [3.05, 3.63) is 59.7 Å². The molecule has 3 rings (SSSR count). The first-order valence-corrected chi connectivity index (χ1v) is 7.15. The van der Waals surface area contributed by atoms with Crippen LogP contribution >= 0.6 is 11.8 Å². The van der Waals surface area contributed by atoms with Crippen molar-refractivity contribution >= 4 is 23.4 Å². The fourth-order valence-corrected chi connectivity index (χ4v) is 3.35. The molecule has 0 saturated carbocycles. The van der Waals surface area contributed by atoms with Gasteiger partial charge in [-0.15, -0.1) is 0 Å². The zero-order chi connectivity index (χ0) is 14.1. The Balaban J connectivity index is 2.07. The van der Waals surface area contributed by atoms with E-state index in [4.69, 9.17) is 0 Å². The molecule has 1 aliphatic rings. The van der Waals surface area contributed by atoms with Crippen LogP contribution in [0.1, 0.15) is 15.9 Å². The smallest absolute Gasteiger partial charge is 0.260 e. The van der Waals surface area contributed by atoms with Gasteiger partial charge in [-0.05, 0) is 30.7 Å². The minimum atomic E-state index is -0.500. The molecule has 2 aromatic rings. The minimum absolute atomic E-state index is 0.118. The van der Waals surface area contributed by atoms with Crippen LogP contribution in [0.4, 0.5) is 5.69 Å². The van der Waals surface area contributed by atoms with E-state index in [0.717, 1.165) is 16.1 Å². The van der Waals surface area contributed by atoms with Gasteiger partial charge in [-0.2, -0.15) is 5.26 Å². The summed E-state index contributed by atoms with van der Waals surface area (Å²) in [5.41, 5.74) is 2.38. The van der Waals surface area contributed by atoms with E-state index in [-0.39, 0.29) is 5.91 Å². The van der Waals surface area contributed by atoms with Crippen LogP contribution in [-0.2, 0) is 0 Å². The Morgan fingerprint density at radius 1 is 1.20 bits per heavy atom. The normalized spacial score (nSPS) is 16.6. The molecule has 1 atom stereocenters. The molecule has 2 aromatic carbocycles. The topological polar surface area (TPSA) is 44.1 Å². The molecule has 20 heavy (non-hydrogen) atoms. The maximum Gasteiger partial charge on any atom is 0.260 e. The highest BCUT2D eigenvalue weighted by atomic mass is 32.2. The average molecular weight is 280 g/mol. The highest BCUT2D eigenvalue weighted by molar-refractivity contribution is 8.00. The maximum absolute atomic E-state index is 12.8. The molecule has 1 aliphatic heterocycles. The maximum atomic E-state index is 12.8. The summed E-state index contributed by atoms with van der Waals surface area (Å²) in [5.74, 6) is -0.118. The number of carbonyl (C=O) groups excluding carboxylic acids is 1. The Morgan fingerprint density at radius 2 is 1.90 bits per heavy atom. The summed E-state index contributed by atoms with van der Waals surface area (Å²) in [4.78, 5) is 15.3. The highest BCUT2D eigenvalue weighted by Gasteiger charge is 2.35. The lowest BCUT2D eigenvalue weighted by Crippen LogP contribution is -2.35. The lowest BCUT2D eigenvalue weighted by atomic mass is 10.1. The van der Waals surface area contributed by atoms with E-state index in [1.807, 2.05) is 49.4 Å². The van der Waals surface area contributed by atoms with E-state index >= 15 is 0 Å². The Morgan fingerprint density at radius 3 is 2.65 bits per heavy atom. The molecule has 0 radical (unpaired) electrons. The zero-order valence-electron chi connectivity index (χ0n) is 10.9. The fourth-order valence-electron chi connectivity index (χ4n) is 2.30. The van der Waals surface area contributed by atoms with Crippen molar-refractivity contribution < 1.29 is 4.79 Å². The van der Waals surface area contributed by atoms with Gasteiger partial charge in [0.1, 0.15) is 0 Å². The van der Waals surface area contributed by atoms with Crippen LogP contribution in [-0.4, -0.2) is 11.3 Å². The predicted octanol–water partition coefficient (Wildman–Crippen LogP) is 3.60. The van der Waals surface area contributed by atoms with Crippen LogP contribution in [0.3, 0.4) is 0 Å². The van der Waals surface area contributed by atoms with Gasteiger partial charge in [0.2, 0.25) is 0 Å². The molecule has 3 nitrogen and oxygen atoms in total. The van der Waals surface area contributed by atoms with Crippen LogP contribution in [0.25, 0.3) is 0 Å². The lowest BCUT2D eigenvalue weighted by Gasteiger charge is -2.20. The number of aryl methyl sites for hydroxylation is 1. The van der Waals surface area contributed by atoms with Crippen molar-refractivity contribution in [3.63, 3.8) is 0 Å². The van der Waals surface area contributed by atoms with Gasteiger partial charge >= 0.3 is 0 Å². The van der Waals surface area contributed by atoms with Crippen molar-refractivity contribution in [2.45, 2.75) is 17.2 Å². The second-order valence-electron chi connectivity index (χ2n) is 4.56. The monoisotopic (exact) mass is 280 g/mol. The van der Waals surface area contributed by atoms with Crippen LogP contribution < -0.4 is 4.90 Å². The molecule has 98 valence electrons. The molecule has 0 spiro atoms. The van der Waals surface area contributed by atoms with E-state index < -0.39 is 5.37 Å². The number of nitriles is 1. The average Bonchev–Trinajstić information content (AvgIpc) is 2.85. The van der Waals surface area contributed by atoms with Gasteiger partial charge in [0.25, 0.3) is 5.91 Å². The van der Waals surface area contributed by atoms with Crippen LogP contribution in [0.15, 0.2) is 53.4 Å². The van der Waals surface area contributed by atoms with E-state index in [1.54, 1.807) is 11.0 Å². The van der Waals surface area contributed by atoms with Crippen molar-refractivity contribution in [1.82, 2.24) is 0 Å². The van der Waals surface area contributed by atoms with E-state index in [9.17, 15) is 10.1 Å². The molecule has 0 fully saturated rings. The Kier molecular flexibility index (Phi) is 3.21. The number of nitrogens with zero attached hydrogens (tertiary/aromatic N) is 2. The van der Waals surface area contributed by atoms with Crippen molar-refractivity contribution in [2.75, 3.05) is 4.90 Å². The zero-order valence-corrected chi connectivity index (χ0v) is 11.7. The number of hydrogen-bond donors (Lipinski definition) is 0. The van der Waals surface area contributed by atoms with Crippen LogP contribution in [0.2, 0.25) is 0 Å². The lowest BCUT2D eigenvalue weighted by molar-refractivity contribution is 0.0987. The summed E-state index contributed by atoms with van der Waals surface area (Å²) < 4.78 is 0. The molecule has 1 heterocycles. The molecule has 0 aromatic heterocycles. The Bertz CT molecular complexity index is 720. The molecule has 4 heteroatoms. The Labute approximate surface area is 121 Å². The first kappa shape index (κ1) is 12.8. The summed E-state index contributed by atoms with van der Waals surface area (Å²) >= 11 is 1.42. The van der Waals surface area contributed by atoms with Crippen molar-refractivity contribution in [2.24, 2.45) is 0 Å². The van der Waals surface area contributed by atoms with Crippen molar-refractivity contribution in [1.29, 1.82) is 5.26 Å². The van der Waals surface area contributed by atoms with Gasteiger partial charge in [0, 0.05) is 10.5 Å². The summed E-state index contributed by atoms with van der Waals surface area (Å²) in [6.45, 7) is 1.91. The number of para-hydroxylation sites is 1. The van der Waals surface area contributed by atoms with Gasteiger partial charge in [-0.3, -0.25) is 9.69 Å². The standard InChI is InChI=1S/C16H12N2OS/c1-11-6-2-3-7-12(11)16(19)18-13-8-4-5-9-14(13)20-15(18)10-17/h2-9,15H,1H3. The summed E-state index contributed by atoms with van der Waals surface area (Å²) in [5, 5.41) is 8.81. The number of carbonyl (C=O) groups is 1. The van der Waals surface area contributed by atoms with E-state index in [1.165, 1.54) is 11.8 Å². The van der Waals surface area contributed by atoms with E-state index in [2.05, 4.69) is 6.07 Å². The number of hydrogen-bond acceptors (Lipinski definition) is 3. The number of rotatable bonds is 1. The molecule has 1 amide bonds. The molecule has 0 bridgehead atoms. The second-order valence-corrected chi connectivity index (χ2v) is 5.68. The molecule has 0 N–H and O–H groups in total. The third-order valence-electron chi connectivity index (χ3n) is 3.30. The molecule has 0 aliphatic carbocycles. The number of anilines is 1. The van der Waals surface area contributed by atoms with Gasteiger partial charge in [-0.25, -0.2) is 0 Å². The first-order chi connectivity index (χ1) is 9.72. The number of thioether (sulfide) groups is 1. The van der Waals surface area contributed by atoms with Crippen LogP contribution in [0, 0.1) is 18.3 Å². The number of fused-ring (bicyclic) bond motifs is 1.